The average Bonchev–Trinajstić information content (AvgIpc) is 2.52. The van der Waals surface area contributed by atoms with Crippen molar-refractivity contribution in [2.75, 3.05) is 13.2 Å². The van der Waals surface area contributed by atoms with Gasteiger partial charge in [-0.3, -0.25) is 14.9 Å². The standard InChI is InChI=1S/C13H15N3O7/c1-3-22-12(18)14-15(13(19)23-4-2)11(17)9-5-7-10(8-6-9)16(20)21/h5-8H,3-4H2,1-2H3,(H,14,18). The molecule has 1 aromatic rings. The number of nitrogens with one attached hydrogen (secondary N) is 1. The molecular weight excluding hydrogens is 310 g/mol. The summed E-state index contributed by atoms with van der Waals surface area (Å²) in [4.78, 5) is 45.4. The van der Waals surface area contributed by atoms with E-state index < -0.39 is 23.0 Å². The van der Waals surface area contributed by atoms with Crippen molar-refractivity contribution in [2.24, 2.45) is 0 Å². The molecule has 0 fully saturated rings. The highest BCUT2D eigenvalue weighted by atomic mass is 16.6. The van der Waals surface area contributed by atoms with Crippen molar-refractivity contribution >= 4 is 23.8 Å². The van der Waals surface area contributed by atoms with Crippen LogP contribution in [-0.4, -0.2) is 41.2 Å². The number of hydrazine groups is 1. The summed E-state index contributed by atoms with van der Waals surface area (Å²) in [6.07, 6.45) is -2.13. The van der Waals surface area contributed by atoms with Gasteiger partial charge in [-0.15, -0.1) is 5.01 Å². The molecular formula is C13H15N3O7. The fourth-order valence-corrected chi connectivity index (χ4v) is 1.48. The average molecular weight is 325 g/mol. The first-order valence-electron chi connectivity index (χ1n) is 6.59. The van der Waals surface area contributed by atoms with Gasteiger partial charge in [-0.25, -0.2) is 15.0 Å². The summed E-state index contributed by atoms with van der Waals surface area (Å²) in [6.45, 7) is 3.09. The van der Waals surface area contributed by atoms with Crippen LogP contribution in [0.25, 0.3) is 0 Å². The number of carbonyl (C=O) groups excluding carboxylic acids is 3. The maximum atomic E-state index is 12.3. The number of carbonyl (C=O) groups is 3. The van der Waals surface area contributed by atoms with E-state index in [-0.39, 0.29) is 24.5 Å². The Kier molecular flexibility index (Phi) is 6.46. The Morgan fingerprint density at radius 1 is 1.13 bits per heavy atom. The molecule has 0 unspecified atom stereocenters. The summed E-state index contributed by atoms with van der Waals surface area (Å²) < 4.78 is 9.27. The van der Waals surface area contributed by atoms with Crippen LogP contribution < -0.4 is 5.43 Å². The van der Waals surface area contributed by atoms with E-state index in [9.17, 15) is 24.5 Å². The van der Waals surface area contributed by atoms with Gasteiger partial charge in [0.1, 0.15) is 0 Å². The second-order valence-corrected chi connectivity index (χ2v) is 3.98. The number of hydrogen-bond donors (Lipinski definition) is 1. The second-order valence-electron chi connectivity index (χ2n) is 3.98. The fourth-order valence-electron chi connectivity index (χ4n) is 1.48. The number of imide groups is 1. The quantitative estimate of drug-likeness (QED) is 0.660. The zero-order valence-corrected chi connectivity index (χ0v) is 12.5. The van der Waals surface area contributed by atoms with Gasteiger partial charge in [0.25, 0.3) is 11.6 Å². The molecule has 0 bridgehead atoms. The SMILES string of the molecule is CCOC(=O)NN(C(=O)OCC)C(=O)c1ccc([N+](=O)[O-])cc1. The van der Waals surface area contributed by atoms with E-state index in [1.165, 1.54) is 6.92 Å². The Balaban J connectivity index is 2.99. The Morgan fingerprint density at radius 3 is 2.17 bits per heavy atom. The van der Waals surface area contributed by atoms with Crippen molar-refractivity contribution in [3.63, 3.8) is 0 Å². The predicted octanol–water partition coefficient (Wildman–Crippen LogP) is 1.85. The van der Waals surface area contributed by atoms with Crippen LogP contribution in [0.3, 0.4) is 0 Å². The molecule has 0 radical (unpaired) electrons. The molecule has 0 aliphatic rings. The van der Waals surface area contributed by atoms with Crippen LogP contribution in [0.1, 0.15) is 24.2 Å². The van der Waals surface area contributed by atoms with Crippen LogP contribution in [0, 0.1) is 10.1 Å². The zero-order chi connectivity index (χ0) is 17.4. The van der Waals surface area contributed by atoms with Gasteiger partial charge >= 0.3 is 12.2 Å². The van der Waals surface area contributed by atoms with Gasteiger partial charge in [0.05, 0.1) is 18.1 Å². The lowest BCUT2D eigenvalue weighted by Gasteiger charge is -2.20. The Hall–Kier alpha value is -3.17. The van der Waals surface area contributed by atoms with Gasteiger partial charge in [0.2, 0.25) is 0 Å². The first kappa shape index (κ1) is 17.9. The molecule has 0 aliphatic heterocycles. The van der Waals surface area contributed by atoms with E-state index in [2.05, 4.69) is 9.47 Å². The van der Waals surface area contributed by atoms with Crippen molar-refractivity contribution in [3.8, 4) is 0 Å². The van der Waals surface area contributed by atoms with Crippen LogP contribution in [-0.2, 0) is 9.47 Å². The fraction of sp³-hybridized carbons (Fsp3) is 0.308. The zero-order valence-electron chi connectivity index (χ0n) is 12.5. The van der Waals surface area contributed by atoms with Crippen LogP contribution >= 0.6 is 0 Å². The summed E-state index contributed by atoms with van der Waals surface area (Å²) in [6, 6.07) is 4.50. The number of amides is 3. The van der Waals surface area contributed by atoms with Crippen LogP contribution in [0.2, 0.25) is 0 Å². The number of benzene rings is 1. The van der Waals surface area contributed by atoms with Gasteiger partial charge in [0, 0.05) is 17.7 Å². The minimum atomic E-state index is -1.11. The van der Waals surface area contributed by atoms with E-state index in [0.717, 1.165) is 24.3 Å². The number of nitro groups is 1. The van der Waals surface area contributed by atoms with Crippen molar-refractivity contribution in [1.82, 2.24) is 10.4 Å². The lowest BCUT2D eigenvalue weighted by molar-refractivity contribution is -0.384. The minimum absolute atomic E-state index is 0.0205. The Bertz CT molecular complexity index is 600. The van der Waals surface area contributed by atoms with E-state index in [0.29, 0.717) is 5.01 Å². The highest BCUT2D eigenvalue weighted by Gasteiger charge is 2.27. The molecule has 1 N–H and O–H groups in total. The van der Waals surface area contributed by atoms with E-state index in [1.54, 1.807) is 6.92 Å². The number of hydrogen-bond acceptors (Lipinski definition) is 7. The summed E-state index contributed by atoms with van der Waals surface area (Å²) >= 11 is 0. The number of non-ortho nitro benzene ring substituents is 1. The molecule has 0 saturated heterocycles. The molecule has 10 nitrogen and oxygen atoms in total. The molecule has 0 aromatic heterocycles. The molecule has 0 saturated carbocycles. The summed E-state index contributed by atoms with van der Waals surface area (Å²) in [7, 11) is 0. The molecule has 0 aliphatic carbocycles. The first-order chi connectivity index (χ1) is 10.9. The highest BCUT2D eigenvalue weighted by Crippen LogP contribution is 2.13. The van der Waals surface area contributed by atoms with E-state index in [1.807, 2.05) is 5.43 Å². The molecule has 0 spiro atoms. The van der Waals surface area contributed by atoms with Crippen molar-refractivity contribution in [1.29, 1.82) is 0 Å². The molecule has 0 atom stereocenters. The Labute approximate surface area is 131 Å². The van der Waals surface area contributed by atoms with Gasteiger partial charge in [-0.2, -0.15) is 0 Å². The van der Waals surface area contributed by atoms with E-state index >= 15 is 0 Å². The largest absolute Gasteiger partial charge is 0.449 e. The number of ether oxygens (including phenoxy) is 2. The minimum Gasteiger partial charge on any atom is -0.449 e. The van der Waals surface area contributed by atoms with Gasteiger partial charge in [0.15, 0.2) is 0 Å². The molecule has 0 heterocycles. The molecule has 23 heavy (non-hydrogen) atoms. The monoisotopic (exact) mass is 325 g/mol. The number of rotatable bonds is 4. The number of nitro benzene ring substituents is 1. The van der Waals surface area contributed by atoms with Gasteiger partial charge < -0.3 is 9.47 Å². The summed E-state index contributed by atoms with van der Waals surface area (Å²) in [5.41, 5.74) is 1.68. The highest BCUT2D eigenvalue weighted by molar-refractivity contribution is 6.03. The number of nitrogens with zero attached hydrogens (tertiary/aromatic N) is 2. The first-order valence-corrected chi connectivity index (χ1v) is 6.59. The molecule has 3 amide bonds. The maximum absolute atomic E-state index is 12.3. The topological polar surface area (TPSA) is 128 Å². The third-order valence-electron chi connectivity index (χ3n) is 2.46. The smallest absolute Gasteiger partial charge is 0.436 e. The van der Waals surface area contributed by atoms with Crippen molar-refractivity contribution in [3.05, 3.63) is 39.9 Å². The molecule has 1 aromatic carbocycles. The third-order valence-corrected chi connectivity index (χ3v) is 2.46. The van der Waals surface area contributed by atoms with Crippen LogP contribution in [0.15, 0.2) is 24.3 Å². The lowest BCUT2D eigenvalue weighted by atomic mass is 10.2. The van der Waals surface area contributed by atoms with Gasteiger partial charge in [-0.1, -0.05) is 0 Å². The van der Waals surface area contributed by atoms with Crippen molar-refractivity contribution < 1.29 is 28.8 Å². The Morgan fingerprint density at radius 2 is 1.70 bits per heavy atom. The molecule has 10 heteroatoms. The molecule has 124 valence electrons. The maximum Gasteiger partial charge on any atom is 0.436 e. The van der Waals surface area contributed by atoms with Crippen LogP contribution in [0.5, 0.6) is 0 Å². The predicted molar refractivity (Wildman–Crippen MR) is 76.4 cm³/mol. The second kappa shape index (κ2) is 8.32. The van der Waals surface area contributed by atoms with Crippen LogP contribution in [0.4, 0.5) is 15.3 Å². The molecule has 1 rings (SSSR count). The lowest BCUT2D eigenvalue weighted by Crippen LogP contribution is -2.50. The summed E-state index contributed by atoms with van der Waals surface area (Å²) in [5, 5.41) is 10.9. The summed E-state index contributed by atoms with van der Waals surface area (Å²) in [5.74, 6) is -0.925. The third kappa shape index (κ3) is 4.95. The van der Waals surface area contributed by atoms with E-state index in [4.69, 9.17) is 0 Å². The van der Waals surface area contributed by atoms with Crippen molar-refractivity contribution in [2.45, 2.75) is 13.8 Å². The van der Waals surface area contributed by atoms with Gasteiger partial charge in [-0.05, 0) is 26.0 Å². The normalized spacial score (nSPS) is 9.65.